The number of thioether (sulfide) groups is 1. The van der Waals surface area contributed by atoms with Crippen LogP contribution in [0.15, 0.2) is 59.8 Å². The predicted molar refractivity (Wildman–Crippen MR) is 119 cm³/mol. The van der Waals surface area contributed by atoms with Gasteiger partial charge in [0, 0.05) is 11.3 Å². The average molecular weight is 434 g/mol. The summed E-state index contributed by atoms with van der Waals surface area (Å²) in [5.74, 6) is 1.44. The molecule has 0 spiro atoms. The second-order valence-corrected chi connectivity index (χ2v) is 8.39. The first kappa shape index (κ1) is 20.9. The van der Waals surface area contributed by atoms with E-state index in [2.05, 4.69) is 21.6 Å². The molecule has 3 aromatic rings. The minimum atomic E-state index is -0.723. The lowest BCUT2D eigenvalue weighted by atomic mass is 10.0. The third-order valence-electron chi connectivity index (χ3n) is 5.38. The Bertz CT molecular complexity index is 1080. The van der Waals surface area contributed by atoms with Gasteiger partial charge in [-0.05, 0) is 62.1 Å². The number of hydrogen-bond donors (Lipinski definition) is 1. The van der Waals surface area contributed by atoms with Crippen LogP contribution in [0, 0.1) is 11.3 Å². The van der Waals surface area contributed by atoms with Crippen LogP contribution in [0.2, 0.25) is 0 Å². The van der Waals surface area contributed by atoms with Gasteiger partial charge in [0.05, 0.1) is 18.9 Å². The van der Waals surface area contributed by atoms with Crippen LogP contribution in [0.1, 0.15) is 25.7 Å². The van der Waals surface area contributed by atoms with Crippen molar-refractivity contribution in [2.45, 2.75) is 36.4 Å². The third kappa shape index (κ3) is 4.57. The molecule has 0 bridgehead atoms. The van der Waals surface area contributed by atoms with Gasteiger partial charge in [-0.25, -0.2) is 0 Å². The molecule has 1 aromatic heterocycles. The van der Waals surface area contributed by atoms with Gasteiger partial charge in [-0.3, -0.25) is 9.36 Å². The van der Waals surface area contributed by atoms with Crippen molar-refractivity contribution >= 4 is 17.7 Å². The molecule has 31 heavy (non-hydrogen) atoms. The minimum absolute atomic E-state index is 0.164. The zero-order chi connectivity index (χ0) is 21.7. The van der Waals surface area contributed by atoms with Crippen molar-refractivity contribution in [3.05, 3.63) is 54.6 Å². The van der Waals surface area contributed by atoms with Crippen molar-refractivity contribution < 1.29 is 9.53 Å². The molecule has 1 heterocycles. The van der Waals surface area contributed by atoms with Gasteiger partial charge in [-0.1, -0.05) is 30.0 Å². The summed E-state index contributed by atoms with van der Waals surface area (Å²) in [7, 11) is 1.63. The fraction of sp³-hybridized carbons (Fsp3) is 0.304. The molecule has 2 aromatic carbocycles. The first-order valence-electron chi connectivity index (χ1n) is 10.1. The van der Waals surface area contributed by atoms with E-state index in [0.717, 1.165) is 29.8 Å². The Morgan fingerprint density at radius 3 is 2.52 bits per heavy atom. The van der Waals surface area contributed by atoms with Crippen LogP contribution in [0.5, 0.6) is 5.75 Å². The first-order valence-corrected chi connectivity index (χ1v) is 11.1. The largest absolute Gasteiger partial charge is 0.497 e. The van der Waals surface area contributed by atoms with Gasteiger partial charge < -0.3 is 10.1 Å². The monoisotopic (exact) mass is 433 g/mol. The maximum Gasteiger partial charge on any atom is 0.231 e. The van der Waals surface area contributed by atoms with Gasteiger partial charge in [-0.15, -0.1) is 10.2 Å². The fourth-order valence-electron chi connectivity index (χ4n) is 3.78. The SMILES string of the molecule is COc1ccc(-c2nnc(SCC(=O)NC3(C#N)CCCC3)n2-c2ccccc2)cc1. The van der Waals surface area contributed by atoms with E-state index in [1.54, 1.807) is 7.11 Å². The van der Waals surface area contributed by atoms with Crippen LogP contribution < -0.4 is 10.1 Å². The quantitative estimate of drug-likeness (QED) is 0.567. The number of aromatic nitrogens is 3. The highest BCUT2D eigenvalue weighted by Crippen LogP contribution is 2.31. The predicted octanol–water partition coefficient (Wildman–Crippen LogP) is 3.99. The van der Waals surface area contributed by atoms with Crippen molar-refractivity contribution in [1.29, 1.82) is 5.26 Å². The number of methoxy groups -OCH3 is 1. The molecule has 1 aliphatic rings. The summed E-state index contributed by atoms with van der Waals surface area (Å²) in [6, 6.07) is 19.7. The van der Waals surface area contributed by atoms with Crippen molar-refractivity contribution in [2.75, 3.05) is 12.9 Å². The molecule has 8 heteroatoms. The van der Waals surface area contributed by atoms with Gasteiger partial charge >= 0.3 is 0 Å². The van der Waals surface area contributed by atoms with Crippen molar-refractivity contribution in [2.24, 2.45) is 0 Å². The van der Waals surface area contributed by atoms with Gasteiger partial charge in [0.1, 0.15) is 11.3 Å². The molecule has 1 N–H and O–H groups in total. The van der Waals surface area contributed by atoms with Crippen LogP contribution in [-0.4, -0.2) is 39.1 Å². The fourth-order valence-corrected chi connectivity index (χ4v) is 4.53. The van der Waals surface area contributed by atoms with E-state index >= 15 is 0 Å². The van der Waals surface area contributed by atoms with E-state index in [9.17, 15) is 10.1 Å². The number of ether oxygens (including phenoxy) is 1. The van der Waals surface area contributed by atoms with E-state index in [1.807, 2.05) is 59.2 Å². The van der Waals surface area contributed by atoms with Crippen molar-refractivity contribution in [3.8, 4) is 28.9 Å². The number of carbonyl (C=O) groups excluding carboxylic acids is 1. The Balaban J connectivity index is 1.58. The molecule has 0 atom stereocenters. The van der Waals surface area contributed by atoms with Crippen LogP contribution in [0.25, 0.3) is 17.1 Å². The van der Waals surface area contributed by atoms with Crippen LogP contribution in [0.3, 0.4) is 0 Å². The minimum Gasteiger partial charge on any atom is -0.497 e. The Kier molecular flexibility index (Phi) is 6.23. The molecular formula is C23H23N5O2S. The van der Waals surface area contributed by atoms with Crippen LogP contribution >= 0.6 is 11.8 Å². The molecule has 0 radical (unpaired) electrons. The number of nitriles is 1. The molecule has 1 amide bonds. The molecule has 0 unspecified atom stereocenters. The summed E-state index contributed by atoms with van der Waals surface area (Å²) in [5.41, 5.74) is 1.08. The molecule has 158 valence electrons. The number of benzene rings is 2. The zero-order valence-electron chi connectivity index (χ0n) is 17.2. The summed E-state index contributed by atoms with van der Waals surface area (Å²) in [5, 5.41) is 21.8. The molecule has 7 nitrogen and oxygen atoms in total. The Morgan fingerprint density at radius 1 is 1.16 bits per heavy atom. The lowest BCUT2D eigenvalue weighted by Crippen LogP contribution is -2.45. The number of amides is 1. The topological polar surface area (TPSA) is 92.8 Å². The average Bonchev–Trinajstić information content (AvgIpc) is 3.46. The molecule has 4 rings (SSSR count). The highest BCUT2D eigenvalue weighted by Gasteiger charge is 2.35. The summed E-state index contributed by atoms with van der Waals surface area (Å²) in [6.45, 7) is 0. The van der Waals surface area contributed by atoms with Crippen LogP contribution in [0.4, 0.5) is 0 Å². The number of para-hydroxylation sites is 1. The van der Waals surface area contributed by atoms with Gasteiger partial charge in [0.25, 0.3) is 0 Å². The molecule has 1 aliphatic carbocycles. The van der Waals surface area contributed by atoms with Gasteiger partial charge in [0.2, 0.25) is 5.91 Å². The Labute approximate surface area is 185 Å². The summed E-state index contributed by atoms with van der Waals surface area (Å²) < 4.78 is 7.19. The van der Waals surface area contributed by atoms with Crippen molar-refractivity contribution in [1.82, 2.24) is 20.1 Å². The number of hydrogen-bond acceptors (Lipinski definition) is 6. The summed E-state index contributed by atoms with van der Waals surface area (Å²) in [4.78, 5) is 12.6. The maximum atomic E-state index is 12.6. The van der Waals surface area contributed by atoms with E-state index in [0.29, 0.717) is 23.8 Å². The van der Waals surface area contributed by atoms with Crippen LogP contribution in [-0.2, 0) is 4.79 Å². The number of rotatable bonds is 7. The van der Waals surface area contributed by atoms with E-state index in [-0.39, 0.29) is 11.7 Å². The lowest BCUT2D eigenvalue weighted by molar-refractivity contribution is -0.119. The molecule has 0 saturated heterocycles. The summed E-state index contributed by atoms with van der Waals surface area (Å²) >= 11 is 1.31. The number of nitrogens with one attached hydrogen (secondary N) is 1. The van der Waals surface area contributed by atoms with E-state index in [1.165, 1.54) is 11.8 Å². The van der Waals surface area contributed by atoms with E-state index < -0.39 is 5.54 Å². The maximum absolute atomic E-state index is 12.6. The number of nitrogens with zero attached hydrogens (tertiary/aromatic N) is 4. The smallest absolute Gasteiger partial charge is 0.231 e. The highest BCUT2D eigenvalue weighted by molar-refractivity contribution is 7.99. The second kappa shape index (κ2) is 9.23. The standard InChI is InChI=1S/C23H23N5O2S/c1-30-19-11-9-17(10-12-19)21-26-27-22(28(21)18-7-3-2-4-8-18)31-15-20(29)25-23(16-24)13-5-6-14-23/h2-4,7-12H,5-6,13-15H2,1H3,(H,25,29). The highest BCUT2D eigenvalue weighted by atomic mass is 32.2. The molecular weight excluding hydrogens is 410 g/mol. The Morgan fingerprint density at radius 2 is 1.87 bits per heavy atom. The second-order valence-electron chi connectivity index (χ2n) is 7.44. The third-order valence-corrected chi connectivity index (χ3v) is 6.31. The molecule has 1 saturated carbocycles. The molecule has 0 aliphatic heterocycles. The zero-order valence-corrected chi connectivity index (χ0v) is 18.1. The normalized spacial score (nSPS) is 14.7. The Hall–Kier alpha value is -3.31. The summed E-state index contributed by atoms with van der Waals surface area (Å²) in [6.07, 6.45) is 3.35. The van der Waals surface area contributed by atoms with E-state index in [4.69, 9.17) is 4.74 Å². The first-order chi connectivity index (χ1) is 15.1. The lowest BCUT2D eigenvalue weighted by Gasteiger charge is -2.21. The number of carbonyl (C=O) groups is 1. The van der Waals surface area contributed by atoms with Crippen molar-refractivity contribution in [3.63, 3.8) is 0 Å². The van der Waals surface area contributed by atoms with Gasteiger partial charge in [0.15, 0.2) is 11.0 Å². The van der Waals surface area contributed by atoms with Gasteiger partial charge in [-0.2, -0.15) is 5.26 Å². The molecule has 1 fully saturated rings.